The van der Waals surface area contributed by atoms with E-state index in [0.29, 0.717) is 20.9 Å². The Kier molecular flexibility index (Phi) is 6.06. The number of anilines is 1. The third kappa shape index (κ3) is 4.63. The van der Waals surface area contributed by atoms with Gasteiger partial charge in [0, 0.05) is 23.3 Å². The second-order valence-electron chi connectivity index (χ2n) is 5.47. The van der Waals surface area contributed by atoms with Gasteiger partial charge in [-0.05, 0) is 35.9 Å². The zero-order chi connectivity index (χ0) is 19.4. The van der Waals surface area contributed by atoms with Crippen molar-refractivity contribution in [3.8, 4) is 0 Å². The average molecular weight is 423 g/mol. The van der Waals surface area contributed by atoms with Crippen LogP contribution >= 0.6 is 34.8 Å². The SMILES string of the molecule is COC(=CC=Cc1c[nH]c2cc(Cl)c(Cl)cc12)C(=O)Nc1ccc(Cl)cn1. The maximum Gasteiger partial charge on any atom is 0.291 e. The van der Waals surface area contributed by atoms with Gasteiger partial charge in [0.2, 0.25) is 0 Å². The number of carbonyl (C=O) groups is 1. The Bertz CT molecular complexity index is 1040. The van der Waals surface area contributed by atoms with Gasteiger partial charge in [-0.25, -0.2) is 4.98 Å². The van der Waals surface area contributed by atoms with Crippen LogP contribution in [0, 0.1) is 0 Å². The van der Waals surface area contributed by atoms with Gasteiger partial charge < -0.3 is 15.0 Å². The van der Waals surface area contributed by atoms with Crippen molar-refractivity contribution in [2.75, 3.05) is 12.4 Å². The lowest BCUT2D eigenvalue weighted by molar-refractivity contribution is -0.115. The van der Waals surface area contributed by atoms with Crippen molar-refractivity contribution < 1.29 is 9.53 Å². The number of allylic oxidation sites excluding steroid dienone is 2. The largest absolute Gasteiger partial charge is 0.491 e. The molecule has 0 radical (unpaired) electrons. The van der Waals surface area contributed by atoms with Crippen molar-refractivity contribution in [3.05, 3.63) is 75.2 Å². The summed E-state index contributed by atoms with van der Waals surface area (Å²) < 4.78 is 5.15. The predicted molar refractivity (Wildman–Crippen MR) is 110 cm³/mol. The molecule has 0 aliphatic rings. The second kappa shape index (κ2) is 8.48. The maximum atomic E-state index is 12.3. The predicted octanol–water partition coefficient (Wildman–Crippen LogP) is 5.71. The third-order valence-electron chi connectivity index (χ3n) is 3.69. The van der Waals surface area contributed by atoms with Crippen LogP contribution in [0.15, 0.2) is 54.6 Å². The number of benzene rings is 1. The first-order chi connectivity index (χ1) is 13.0. The number of fused-ring (bicyclic) bond motifs is 1. The van der Waals surface area contributed by atoms with E-state index in [4.69, 9.17) is 39.5 Å². The molecule has 0 saturated heterocycles. The number of carbonyl (C=O) groups excluding carboxylic acids is 1. The molecule has 0 atom stereocenters. The van der Waals surface area contributed by atoms with E-state index >= 15 is 0 Å². The van der Waals surface area contributed by atoms with Crippen LogP contribution in [-0.4, -0.2) is 23.0 Å². The van der Waals surface area contributed by atoms with Crippen molar-refractivity contribution in [3.63, 3.8) is 0 Å². The molecule has 1 aromatic carbocycles. The van der Waals surface area contributed by atoms with Crippen molar-refractivity contribution in [1.29, 1.82) is 0 Å². The molecule has 1 amide bonds. The van der Waals surface area contributed by atoms with Gasteiger partial charge in [-0.15, -0.1) is 0 Å². The zero-order valence-corrected chi connectivity index (χ0v) is 16.4. The van der Waals surface area contributed by atoms with E-state index in [2.05, 4.69) is 15.3 Å². The summed E-state index contributed by atoms with van der Waals surface area (Å²) in [6, 6.07) is 6.79. The monoisotopic (exact) mass is 421 g/mol. The number of aromatic nitrogens is 2. The minimum Gasteiger partial charge on any atom is -0.491 e. The molecule has 3 aromatic rings. The molecule has 2 aromatic heterocycles. The van der Waals surface area contributed by atoms with Gasteiger partial charge in [0.05, 0.1) is 22.2 Å². The number of aromatic amines is 1. The Labute approximate surface area is 170 Å². The van der Waals surface area contributed by atoms with Gasteiger partial charge in [0.25, 0.3) is 5.91 Å². The fourth-order valence-electron chi connectivity index (χ4n) is 2.38. The summed E-state index contributed by atoms with van der Waals surface area (Å²) in [5, 5.41) is 4.99. The quantitative estimate of drug-likeness (QED) is 0.314. The number of ether oxygens (including phenoxy) is 1. The molecule has 3 rings (SSSR count). The third-order valence-corrected chi connectivity index (χ3v) is 4.64. The molecule has 0 saturated carbocycles. The number of rotatable bonds is 5. The van der Waals surface area contributed by atoms with Crippen molar-refractivity contribution in [2.45, 2.75) is 0 Å². The summed E-state index contributed by atoms with van der Waals surface area (Å²) in [7, 11) is 1.42. The highest BCUT2D eigenvalue weighted by molar-refractivity contribution is 6.42. The summed E-state index contributed by atoms with van der Waals surface area (Å²) in [5.41, 5.74) is 1.77. The minimum absolute atomic E-state index is 0.129. The van der Waals surface area contributed by atoms with E-state index in [1.165, 1.54) is 13.3 Å². The Balaban J connectivity index is 1.77. The van der Waals surface area contributed by atoms with Crippen molar-refractivity contribution in [2.24, 2.45) is 0 Å². The van der Waals surface area contributed by atoms with Gasteiger partial charge in [-0.1, -0.05) is 47.0 Å². The summed E-state index contributed by atoms with van der Waals surface area (Å²) in [4.78, 5) is 19.4. The number of hydrogen-bond donors (Lipinski definition) is 2. The molecule has 0 bridgehead atoms. The molecule has 2 heterocycles. The van der Waals surface area contributed by atoms with E-state index in [1.54, 1.807) is 36.4 Å². The molecule has 0 aliphatic heterocycles. The minimum atomic E-state index is -0.425. The zero-order valence-electron chi connectivity index (χ0n) is 14.1. The Hall–Kier alpha value is -2.47. The lowest BCUT2D eigenvalue weighted by atomic mass is 10.1. The number of methoxy groups -OCH3 is 1. The normalized spacial score (nSPS) is 11.9. The van der Waals surface area contributed by atoms with Crippen LogP contribution in [0.1, 0.15) is 5.56 Å². The average Bonchev–Trinajstić information content (AvgIpc) is 3.02. The number of pyridine rings is 1. The van der Waals surface area contributed by atoms with Crippen LogP contribution in [0.25, 0.3) is 17.0 Å². The molecule has 27 heavy (non-hydrogen) atoms. The lowest BCUT2D eigenvalue weighted by Gasteiger charge is -2.06. The highest BCUT2D eigenvalue weighted by Crippen LogP contribution is 2.29. The molecule has 2 N–H and O–H groups in total. The smallest absolute Gasteiger partial charge is 0.291 e. The van der Waals surface area contributed by atoms with E-state index in [-0.39, 0.29) is 5.76 Å². The second-order valence-corrected chi connectivity index (χ2v) is 6.72. The molecule has 8 heteroatoms. The molecule has 0 unspecified atom stereocenters. The fourth-order valence-corrected chi connectivity index (χ4v) is 2.82. The van der Waals surface area contributed by atoms with Crippen LogP contribution < -0.4 is 5.32 Å². The van der Waals surface area contributed by atoms with Crippen LogP contribution in [0.4, 0.5) is 5.82 Å². The van der Waals surface area contributed by atoms with Gasteiger partial charge in [0.15, 0.2) is 5.76 Å². The molecule has 0 fully saturated rings. The van der Waals surface area contributed by atoms with Crippen molar-refractivity contribution >= 4 is 63.5 Å². The van der Waals surface area contributed by atoms with E-state index in [0.717, 1.165) is 16.5 Å². The first kappa shape index (κ1) is 19.3. The van der Waals surface area contributed by atoms with E-state index in [1.807, 2.05) is 12.3 Å². The Morgan fingerprint density at radius 3 is 2.70 bits per heavy atom. The topological polar surface area (TPSA) is 67.0 Å². The first-order valence-corrected chi connectivity index (χ1v) is 8.92. The lowest BCUT2D eigenvalue weighted by Crippen LogP contribution is -2.16. The van der Waals surface area contributed by atoms with E-state index < -0.39 is 5.91 Å². The van der Waals surface area contributed by atoms with Crippen LogP contribution in [0.3, 0.4) is 0 Å². The maximum absolute atomic E-state index is 12.3. The highest BCUT2D eigenvalue weighted by atomic mass is 35.5. The van der Waals surface area contributed by atoms with Crippen LogP contribution in [0.2, 0.25) is 15.1 Å². The van der Waals surface area contributed by atoms with Gasteiger partial charge >= 0.3 is 0 Å². The molecular weight excluding hydrogens is 409 g/mol. The number of H-pyrrole nitrogens is 1. The Morgan fingerprint density at radius 2 is 2.00 bits per heavy atom. The summed E-state index contributed by atoms with van der Waals surface area (Å²) in [6.07, 6.45) is 8.36. The Morgan fingerprint density at radius 1 is 1.22 bits per heavy atom. The number of amides is 1. The summed E-state index contributed by atoms with van der Waals surface area (Å²) >= 11 is 17.9. The number of halogens is 3. The molecule has 0 spiro atoms. The molecular formula is C19H14Cl3N3O2. The summed E-state index contributed by atoms with van der Waals surface area (Å²) in [5.74, 6) is 0.0779. The van der Waals surface area contributed by atoms with Gasteiger partial charge in [0.1, 0.15) is 5.82 Å². The first-order valence-electron chi connectivity index (χ1n) is 7.79. The van der Waals surface area contributed by atoms with E-state index in [9.17, 15) is 4.79 Å². The standard InChI is InChI=1S/C19H14Cl3N3O2/c1-27-17(19(26)25-18-6-5-12(20)10-24-18)4-2-3-11-9-23-16-8-15(22)14(21)7-13(11)16/h2-10,23H,1H3,(H,24,25,26). The summed E-state index contributed by atoms with van der Waals surface area (Å²) in [6.45, 7) is 0. The van der Waals surface area contributed by atoms with Crippen molar-refractivity contribution in [1.82, 2.24) is 9.97 Å². The van der Waals surface area contributed by atoms with Gasteiger partial charge in [-0.2, -0.15) is 0 Å². The molecule has 138 valence electrons. The molecule has 0 aliphatic carbocycles. The molecule has 5 nitrogen and oxygen atoms in total. The van der Waals surface area contributed by atoms with Crippen LogP contribution in [-0.2, 0) is 9.53 Å². The fraction of sp³-hybridized carbons (Fsp3) is 0.0526. The number of nitrogens with one attached hydrogen (secondary N) is 2. The number of nitrogens with zero attached hydrogens (tertiary/aromatic N) is 1. The highest BCUT2D eigenvalue weighted by Gasteiger charge is 2.10. The number of hydrogen-bond acceptors (Lipinski definition) is 3. The van der Waals surface area contributed by atoms with Gasteiger partial charge in [-0.3, -0.25) is 4.79 Å². The van der Waals surface area contributed by atoms with Crippen LogP contribution in [0.5, 0.6) is 0 Å².